The molecule has 3 atom stereocenters. The predicted octanol–water partition coefficient (Wildman–Crippen LogP) is 4.71. The molecule has 2 heterocycles. The average Bonchev–Trinajstić information content (AvgIpc) is 2.88. The number of aryl methyl sites for hydroxylation is 1. The van der Waals surface area contributed by atoms with E-state index < -0.39 is 11.5 Å². The van der Waals surface area contributed by atoms with Crippen LogP contribution >= 0.6 is 11.6 Å². The lowest BCUT2D eigenvalue weighted by atomic mass is 9.71. The number of pyridine rings is 2. The Morgan fingerprint density at radius 1 is 1.24 bits per heavy atom. The number of fused-ring (bicyclic) bond motifs is 1. The summed E-state index contributed by atoms with van der Waals surface area (Å²) in [6.07, 6.45) is 7.47. The van der Waals surface area contributed by atoms with Crippen molar-refractivity contribution in [1.82, 2.24) is 9.97 Å². The van der Waals surface area contributed by atoms with Crippen molar-refractivity contribution in [2.45, 2.75) is 63.5 Å². The summed E-state index contributed by atoms with van der Waals surface area (Å²) < 4.78 is 6.68. The first-order valence-electron chi connectivity index (χ1n) is 13.6. The highest BCUT2D eigenvalue weighted by atomic mass is 35.5. The molecule has 2 aromatic heterocycles. The van der Waals surface area contributed by atoms with E-state index in [0.717, 1.165) is 54.1 Å². The molecule has 0 aliphatic heterocycles. The molecule has 1 saturated carbocycles. The van der Waals surface area contributed by atoms with Crippen molar-refractivity contribution in [3.8, 4) is 5.88 Å². The number of benzene rings is 1. The minimum absolute atomic E-state index is 0.129. The molecule has 1 fully saturated rings. The van der Waals surface area contributed by atoms with Crippen molar-refractivity contribution >= 4 is 28.3 Å². The first-order valence-corrected chi connectivity index (χ1v) is 14.0. The summed E-state index contributed by atoms with van der Waals surface area (Å²) >= 11 is 5.92. The normalized spacial score (nSPS) is 21.9. The number of quaternary nitrogens is 1. The predicted molar refractivity (Wildman–Crippen MR) is 151 cm³/mol. The maximum atomic E-state index is 12.6. The Kier molecular flexibility index (Phi) is 8.91. The third kappa shape index (κ3) is 6.45. The van der Waals surface area contributed by atoms with Gasteiger partial charge in [-0.1, -0.05) is 49.2 Å². The van der Waals surface area contributed by atoms with Crippen LogP contribution in [0.5, 0.6) is 5.88 Å². The number of hydrogen-bond donors (Lipinski definition) is 2. The number of likely N-dealkylation sites (N-methyl/N-ethyl adjacent to an activating group) is 1. The van der Waals surface area contributed by atoms with Crippen molar-refractivity contribution in [2.24, 2.45) is 11.7 Å². The zero-order chi connectivity index (χ0) is 27.3. The smallest absolute Gasteiger partial charge is 0.255 e. The van der Waals surface area contributed by atoms with E-state index in [1.807, 2.05) is 38.4 Å². The van der Waals surface area contributed by atoms with Crippen LogP contribution in [0.2, 0.25) is 5.15 Å². The largest absolute Gasteiger partial charge is 0.471 e. The fourth-order valence-corrected chi connectivity index (χ4v) is 6.00. The van der Waals surface area contributed by atoms with Gasteiger partial charge in [0, 0.05) is 23.7 Å². The van der Waals surface area contributed by atoms with Gasteiger partial charge in [-0.15, -0.1) is 0 Å². The van der Waals surface area contributed by atoms with Crippen molar-refractivity contribution in [3.05, 3.63) is 65.1 Å². The van der Waals surface area contributed by atoms with E-state index in [1.165, 1.54) is 0 Å². The minimum atomic E-state index is -1.60. The van der Waals surface area contributed by atoms with E-state index in [1.54, 1.807) is 12.3 Å². The summed E-state index contributed by atoms with van der Waals surface area (Å²) in [6.45, 7) is 3.18. The van der Waals surface area contributed by atoms with Crippen LogP contribution in [-0.4, -0.2) is 64.4 Å². The second-order valence-corrected chi connectivity index (χ2v) is 11.6. The minimum Gasteiger partial charge on any atom is -0.471 e. The average molecular weight is 540 g/mol. The van der Waals surface area contributed by atoms with E-state index in [0.29, 0.717) is 41.5 Å². The molecule has 1 amide bonds. The number of nitrogens with two attached hydrogens (primary N) is 1. The maximum absolute atomic E-state index is 12.6. The van der Waals surface area contributed by atoms with Gasteiger partial charge in [-0.2, -0.15) is 0 Å². The summed E-state index contributed by atoms with van der Waals surface area (Å²) in [6, 6.07) is 13.7. The third-order valence-corrected chi connectivity index (χ3v) is 8.26. The van der Waals surface area contributed by atoms with Crippen LogP contribution < -0.4 is 10.5 Å². The Bertz CT molecular complexity index is 1250. The standard InChI is InChI=1S/C30H39ClN4O3/c1-4-5-9-24-18-23-8-6-7-10-25(23)28(34-24)38-16-15-35(2,3)26-13-11-21(19-30(26,37)29(32)36)17-22-12-14-27(31)33-20-22/h6-8,10,12,14,18,20-21,26,37H,4-5,9,11,13,15-17,19H2,1-3H3,(H-,32,36)/p+1/t21?,26-,30-/m1/s1. The second kappa shape index (κ2) is 12.0. The van der Waals surface area contributed by atoms with Crippen LogP contribution in [0.15, 0.2) is 48.7 Å². The van der Waals surface area contributed by atoms with Gasteiger partial charge in [0.15, 0.2) is 5.60 Å². The fourth-order valence-electron chi connectivity index (χ4n) is 5.89. The number of unbranched alkanes of at least 4 members (excludes halogenated alkanes) is 1. The Balaban J connectivity index is 1.45. The van der Waals surface area contributed by atoms with E-state index in [9.17, 15) is 9.90 Å². The molecule has 1 aromatic carbocycles. The highest BCUT2D eigenvalue weighted by Gasteiger charge is 2.54. The fraction of sp³-hybridized carbons (Fsp3) is 0.500. The number of halogens is 1. The number of aromatic nitrogens is 2. The van der Waals surface area contributed by atoms with Crippen LogP contribution in [0.4, 0.5) is 0 Å². The molecule has 0 spiro atoms. The van der Waals surface area contributed by atoms with Crippen LogP contribution in [0, 0.1) is 5.92 Å². The molecule has 38 heavy (non-hydrogen) atoms. The molecule has 1 aliphatic rings. The van der Waals surface area contributed by atoms with Gasteiger partial charge in [-0.05, 0) is 67.2 Å². The molecule has 0 bridgehead atoms. The quantitative estimate of drug-likeness (QED) is 0.272. The number of carbonyl (C=O) groups is 1. The molecule has 3 N–H and O–H groups in total. The van der Waals surface area contributed by atoms with E-state index >= 15 is 0 Å². The summed E-state index contributed by atoms with van der Waals surface area (Å²) in [5.74, 6) is 0.105. The molecule has 1 unspecified atom stereocenters. The Labute approximate surface area is 230 Å². The topological polar surface area (TPSA) is 98.3 Å². The molecule has 7 nitrogen and oxygen atoms in total. The lowest BCUT2D eigenvalue weighted by Crippen LogP contribution is -2.68. The number of nitrogens with zero attached hydrogens (tertiary/aromatic N) is 3. The Morgan fingerprint density at radius 3 is 2.74 bits per heavy atom. The summed E-state index contributed by atoms with van der Waals surface area (Å²) in [5, 5.41) is 14.2. The van der Waals surface area contributed by atoms with Crippen LogP contribution in [-0.2, 0) is 17.6 Å². The summed E-state index contributed by atoms with van der Waals surface area (Å²) in [4.78, 5) is 21.6. The third-order valence-electron chi connectivity index (χ3n) is 8.03. The van der Waals surface area contributed by atoms with E-state index in [2.05, 4.69) is 24.0 Å². The van der Waals surface area contributed by atoms with Crippen LogP contribution in [0.1, 0.15) is 50.3 Å². The number of hydrogen-bond acceptors (Lipinski definition) is 5. The van der Waals surface area contributed by atoms with Gasteiger partial charge >= 0.3 is 0 Å². The lowest BCUT2D eigenvalue weighted by molar-refractivity contribution is -0.922. The number of amides is 1. The van der Waals surface area contributed by atoms with Crippen molar-refractivity contribution < 1.29 is 19.1 Å². The van der Waals surface area contributed by atoms with Gasteiger partial charge < -0.3 is 20.1 Å². The highest BCUT2D eigenvalue weighted by molar-refractivity contribution is 6.29. The maximum Gasteiger partial charge on any atom is 0.255 e. The van der Waals surface area contributed by atoms with Crippen LogP contribution in [0.25, 0.3) is 10.8 Å². The molecule has 1 aliphatic carbocycles. The van der Waals surface area contributed by atoms with Gasteiger partial charge in [0.1, 0.15) is 24.3 Å². The zero-order valence-electron chi connectivity index (χ0n) is 22.7. The van der Waals surface area contributed by atoms with E-state index in [4.69, 9.17) is 27.1 Å². The Morgan fingerprint density at radius 2 is 2.03 bits per heavy atom. The number of primary amides is 1. The number of carbonyl (C=O) groups excluding carboxylic acids is 1. The molecule has 204 valence electrons. The van der Waals surface area contributed by atoms with E-state index in [-0.39, 0.29) is 12.0 Å². The molecule has 4 rings (SSSR count). The van der Waals surface area contributed by atoms with Gasteiger partial charge in [-0.25, -0.2) is 9.97 Å². The SMILES string of the molecule is CCCCc1cc2ccccc2c(OCC[N+](C)(C)[C@@H]2CCC(Cc3ccc(Cl)nc3)C[C@]2(O)C(N)=O)n1. The second-order valence-electron chi connectivity index (χ2n) is 11.2. The van der Waals surface area contributed by atoms with Crippen LogP contribution in [0.3, 0.4) is 0 Å². The highest BCUT2D eigenvalue weighted by Crippen LogP contribution is 2.39. The van der Waals surface area contributed by atoms with Crippen molar-refractivity contribution in [1.29, 1.82) is 0 Å². The summed E-state index contributed by atoms with van der Waals surface area (Å²) in [7, 11) is 4.07. The molecule has 0 radical (unpaired) electrons. The first-order chi connectivity index (χ1) is 18.1. The molecule has 3 aromatic rings. The van der Waals surface area contributed by atoms with Gasteiger partial charge in [0.2, 0.25) is 5.88 Å². The van der Waals surface area contributed by atoms with Crippen molar-refractivity contribution in [2.75, 3.05) is 27.2 Å². The number of rotatable bonds is 11. The summed E-state index contributed by atoms with van der Waals surface area (Å²) in [5.41, 5.74) is 6.30. The zero-order valence-corrected chi connectivity index (χ0v) is 23.5. The molecule has 8 heteroatoms. The van der Waals surface area contributed by atoms with Gasteiger partial charge in [-0.3, -0.25) is 4.79 Å². The molecular formula is C30H40ClN4O3+. The van der Waals surface area contributed by atoms with Gasteiger partial charge in [0.05, 0.1) is 14.1 Å². The van der Waals surface area contributed by atoms with Gasteiger partial charge in [0.25, 0.3) is 5.91 Å². The molecule has 0 saturated heterocycles. The molecular weight excluding hydrogens is 500 g/mol. The first kappa shape index (κ1) is 28.3. The lowest BCUT2D eigenvalue weighted by Gasteiger charge is -2.49. The Hall–Kier alpha value is -2.74. The number of aliphatic hydroxyl groups is 1. The monoisotopic (exact) mass is 539 g/mol. The van der Waals surface area contributed by atoms with Crippen molar-refractivity contribution in [3.63, 3.8) is 0 Å². The number of ether oxygens (including phenoxy) is 1.